The first-order valence-electron chi connectivity index (χ1n) is 10.1. The highest BCUT2D eigenvalue weighted by atomic mass is 32.2. The summed E-state index contributed by atoms with van der Waals surface area (Å²) in [5.41, 5.74) is 1.02. The number of piperazine rings is 1. The van der Waals surface area contributed by atoms with Crippen molar-refractivity contribution in [1.29, 1.82) is 5.26 Å². The standard InChI is InChI=1S/C23H19N5O2S2/c24-16-17-6-1-4-10-21(17)32(29,30)28-13-11-27(12-14-28)23-18-7-2-3-8-19(18)25-22(26-23)20-9-5-15-31-20/h1-10,15H,11-14H2. The van der Waals surface area contributed by atoms with Crippen molar-refractivity contribution < 1.29 is 8.42 Å². The van der Waals surface area contributed by atoms with E-state index < -0.39 is 10.0 Å². The Hall–Kier alpha value is -3.32. The van der Waals surface area contributed by atoms with Crippen LogP contribution in [0.4, 0.5) is 5.82 Å². The third kappa shape index (κ3) is 3.62. The maximum absolute atomic E-state index is 13.2. The smallest absolute Gasteiger partial charge is 0.244 e. The summed E-state index contributed by atoms with van der Waals surface area (Å²) in [6, 6.07) is 20.2. The molecule has 0 saturated carbocycles. The Balaban J connectivity index is 1.45. The summed E-state index contributed by atoms with van der Waals surface area (Å²) in [6.45, 7) is 1.63. The van der Waals surface area contributed by atoms with Crippen LogP contribution in [-0.4, -0.2) is 48.9 Å². The van der Waals surface area contributed by atoms with E-state index in [0.29, 0.717) is 32.0 Å². The predicted octanol–water partition coefficient (Wildman–Crippen LogP) is 3.74. The van der Waals surface area contributed by atoms with Gasteiger partial charge in [-0.05, 0) is 35.7 Å². The van der Waals surface area contributed by atoms with Crippen molar-refractivity contribution in [3.05, 3.63) is 71.6 Å². The number of nitriles is 1. The molecule has 1 aliphatic rings. The first kappa shape index (κ1) is 20.6. The molecule has 5 rings (SSSR count). The molecule has 1 saturated heterocycles. The highest BCUT2D eigenvalue weighted by Crippen LogP contribution is 2.30. The molecule has 0 amide bonds. The molecule has 0 N–H and O–H groups in total. The molecule has 0 aliphatic carbocycles. The Kier molecular flexibility index (Phi) is 5.35. The van der Waals surface area contributed by atoms with Crippen LogP contribution in [0.5, 0.6) is 0 Å². The fraction of sp³-hybridized carbons (Fsp3) is 0.174. The van der Waals surface area contributed by atoms with Crippen LogP contribution in [0.3, 0.4) is 0 Å². The highest BCUT2D eigenvalue weighted by molar-refractivity contribution is 7.89. The molecule has 9 heteroatoms. The van der Waals surface area contributed by atoms with E-state index in [1.165, 1.54) is 16.4 Å². The van der Waals surface area contributed by atoms with Gasteiger partial charge in [0.05, 0.1) is 20.9 Å². The maximum Gasteiger partial charge on any atom is 0.244 e. The van der Waals surface area contributed by atoms with E-state index in [1.807, 2.05) is 47.8 Å². The zero-order valence-corrected chi connectivity index (χ0v) is 18.7. The van der Waals surface area contributed by atoms with Gasteiger partial charge in [-0.25, -0.2) is 18.4 Å². The predicted molar refractivity (Wildman–Crippen MR) is 125 cm³/mol. The molecule has 2 aromatic heterocycles. The lowest BCUT2D eigenvalue weighted by Crippen LogP contribution is -2.49. The molecular weight excluding hydrogens is 442 g/mol. The Morgan fingerprint density at radius 2 is 1.66 bits per heavy atom. The summed E-state index contributed by atoms with van der Waals surface area (Å²) in [6.07, 6.45) is 0. The van der Waals surface area contributed by atoms with Gasteiger partial charge in [-0.2, -0.15) is 9.57 Å². The van der Waals surface area contributed by atoms with Gasteiger partial charge in [-0.3, -0.25) is 0 Å². The molecule has 0 radical (unpaired) electrons. The Morgan fingerprint density at radius 1 is 0.906 bits per heavy atom. The van der Waals surface area contributed by atoms with E-state index in [-0.39, 0.29) is 10.5 Å². The van der Waals surface area contributed by atoms with Gasteiger partial charge >= 0.3 is 0 Å². The van der Waals surface area contributed by atoms with Gasteiger partial charge in [-0.1, -0.05) is 30.3 Å². The molecule has 1 aliphatic heterocycles. The molecule has 0 atom stereocenters. The molecule has 160 valence electrons. The van der Waals surface area contributed by atoms with Gasteiger partial charge < -0.3 is 4.90 Å². The van der Waals surface area contributed by atoms with Gasteiger partial charge in [0.1, 0.15) is 11.9 Å². The van der Waals surface area contributed by atoms with Gasteiger partial charge in [-0.15, -0.1) is 11.3 Å². The second-order valence-electron chi connectivity index (χ2n) is 7.36. The Morgan fingerprint density at radius 3 is 2.41 bits per heavy atom. The summed E-state index contributed by atoms with van der Waals surface area (Å²) in [5, 5.41) is 12.3. The van der Waals surface area contributed by atoms with Crippen molar-refractivity contribution in [2.45, 2.75) is 4.90 Å². The largest absolute Gasteiger partial charge is 0.353 e. The number of thiophene rings is 1. The number of rotatable bonds is 4. The normalized spacial score (nSPS) is 15.0. The number of para-hydroxylation sites is 1. The van der Waals surface area contributed by atoms with E-state index in [9.17, 15) is 13.7 Å². The second-order valence-corrected chi connectivity index (χ2v) is 10.2. The Labute approximate surface area is 190 Å². The number of aromatic nitrogens is 2. The van der Waals surface area contributed by atoms with Crippen LogP contribution in [0, 0.1) is 11.3 Å². The number of sulfonamides is 1. The molecule has 1 fully saturated rings. The first-order chi connectivity index (χ1) is 15.6. The lowest BCUT2D eigenvalue weighted by atomic mass is 10.2. The van der Waals surface area contributed by atoms with Crippen LogP contribution in [-0.2, 0) is 10.0 Å². The van der Waals surface area contributed by atoms with Crippen LogP contribution >= 0.6 is 11.3 Å². The van der Waals surface area contributed by atoms with Crippen LogP contribution < -0.4 is 4.90 Å². The number of anilines is 1. The van der Waals surface area contributed by atoms with Gasteiger partial charge in [0.2, 0.25) is 10.0 Å². The van der Waals surface area contributed by atoms with Crippen molar-refractivity contribution >= 4 is 38.1 Å². The van der Waals surface area contributed by atoms with Gasteiger partial charge in [0.25, 0.3) is 0 Å². The van der Waals surface area contributed by atoms with E-state index in [1.54, 1.807) is 23.5 Å². The van der Waals surface area contributed by atoms with Crippen molar-refractivity contribution in [3.8, 4) is 16.8 Å². The minimum Gasteiger partial charge on any atom is -0.353 e. The summed E-state index contributed by atoms with van der Waals surface area (Å²) in [5.74, 6) is 1.49. The number of fused-ring (bicyclic) bond motifs is 1. The van der Waals surface area contributed by atoms with Crippen LogP contribution in [0.15, 0.2) is 70.9 Å². The van der Waals surface area contributed by atoms with Crippen molar-refractivity contribution in [2.75, 3.05) is 31.1 Å². The molecule has 2 aromatic carbocycles. The minimum atomic E-state index is -3.74. The van der Waals surface area contributed by atoms with Crippen molar-refractivity contribution in [1.82, 2.24) is 14.3 Å². The maximum atomic E-state index is 13.2. The topological polar surface area (TPSA) is 90.2 Å². The molecule has 7 nitrogen and oxygen atoms in total. The summed E-state index contributed by atoms with van der Waals surface area (Å²) in [7, 11) is -3.74. The fourth-order valence-corrected chi connectivity index (χ4v) is 6.10. The van der Waals surface area contributed by atoms with Crippen LogP contribution in [0.25, 0.3) is 21.6 Å². The van der Waals surface area contributed by atoms with Crippen molar-refractivity contribution in [3.63, 3.8) is 0 Å². The molecule has 4 aromatic rings. The monoisotopic (exact) mass is 461 g/mol. The SMILES string of the molecule is N#Cc1ccccc1S(=O)(=O)N1CCN(c2nc(-c3cccs3)nc3ccccc23)CC1. The average Bonchev–Trinajstić information content (AvgIpc) is 3.38. The summed E-state index contributed by atoms with van der Waals surface area (Å²) >= 11 is 1.59. The lowest BCUT2D eigenvalue weighted by Gasteiger charge is -2.35. The number of hydrogen-bond donors (Lipinski definition) is 0. The number of nitrogens with zero attached hydrogens (tertiary/aromatic N) is 5. The van der Waals surface area contributed by atoms with Crippen LogP contribution in [0.1, 0.15) is 5.56 Å². The molecule has 32 heavy (non-hydrogen) atoms. The first-order valence-corrected chi connectivity index (χ1v) is 12.4. The van der Waals surface area contributed by atoms with E-state index in [4.69, 9.17) is 9.97 Å². The lowest BCUT2D eigenvalue weighted by molar-refractivity contribution is 0.384. The zero-order valence-electron chi connectivity index (χ0n) is 17.0. The van der Waals surface area contributed by atoms with Crippen molar-refractivity contribution in [2.24, 2.45) is 0 Å². The molecule has 3 heterocycles. The molecule has 0 unspecified atom stereocenters. The summed E-state index contributed by atoms with van der Waals surface area (Å²) < 4.78 is 27.8. The third-order valence-corrected chi connectivity index (χ3v) is 8.31. The number of benzene rings is 2. The average molecular weight is 462 g/mol. The van der Waals surface area contributed by atoms with Crippen LogP contribution in [0.2, 0.25) is 0 Å². The zero-order chi connectivity index (χ0) is 22.1. The third-order valence-electron chi connectivity index (χ3n) is 5.49. The molecule has 0 spiro atoms. The molecular formula is C23H19N5O2S2. The molecule has 0 bridgehead atoms. The van der Waals surface area contributed by atoms with Gasteiger partial charge in [0, 0.05) is 31.6 Å². The quantitative estimate of drug-likeness (QED) is 0.460. The van der Waals surface area contributed by atoms with E-state index >= 15 is 0 Å². The van der Waals surface area contributed by atoms with E-state index in [0.717, 1.165) is 21.6 Å². The summed E-state index contributed by atoms with van der Waals surface area (Å²) in [4.78, 5) is 12.7. The fourth-order valence-electron chi connectivity index (χ4n) is 3.88. The Bertz CT molecular complexity index is 1420. The number of hydrogen-bond acceptors (Lipinski definition) is 7. The minimum absolute atomic E-state index is 0.0587. The second kappa shape index (κ2) is 8.31. The van der Waals surface area contributed by atoms with Gasteiger partial charge in [0.15, 0.2) is 5.82 Å². The highest BCUT2D eigenvalue weighted by Gasteiger charge is 2.31. The van der Waals surface area contributed by atoms with E-state index in [2.05, 4.69) is 4.90 Å².